The van der Waals surface area contributed by atoms with Crippen LogP contribution in [0.2, 0.25) is 0 Å². The molecule has 2 aromatic carbocycles. The van der Waals surface area contributed by atoms with Gasteiger partial charge in [0.15, 0.2) is 5.69 Å². The molecule has 2 aromatic rings. The van der Waals surface area contributed by atoms with Gasteiger partial charge in [0, 0.05) is 44.0 Å². The van der Waals surface area contributed by atoms with Gasteiger partial charge in [-0.05, 0) is 12.1 Å². The number of alkyl halides is 3. The molecule has 0 bridgehead atoms. The maximum Gasteiger partial charge on any atom is 0.416 e. The van der Waals surface area contributed by atoms with Crippen molar-refractivity contribution < 1.29 is 23.0 Å². The SMILES string of the molecule is O=[N+]([O-])c1cc(C(F)(F)F)cc([N+](=O)[O-])c1N1CCN(c2ccccc2)CC1. The number of nitro groups is 2. The van der Waals surface area contributed by atoms with Crippen molar-refractivity contribution in [2.75, 3.05) is 36.0 Å². The lowest BCUT2D eigenvalue weighted by molar-refractivity contribution is -0.393. The fraction of sp³-hybridized carbons (Fsp3) is 0.294. The summed E-state index contributed by atoms with van der Waals surface area (Å²) in [6.07, 6.45) is -4.93. The van der Waals surface area contributed by atoms with Crippen LogP contribution in [0.1, 0.15) is 5.56 Å². The molecule has 1 aliphatic heterocycles. The van der Waals surface area contributed by atoms with Crippen molar-refractivity contribution in [2.24, 2.45) is 0 Å². The summed E-state index contributed by atoms with van der Waals surface area (Å²) < 4.78 is 39.1. The van der Waals surface area contributed by atoms with Crippen LogP contribution in [0.4, 0.5) is 35.9 Å². The lowest BCUT2D eigenvalue weighted by Gasteiger charge is -2.36. The maximum atomic E-state index is 13.0. The van der Waals surface area contributed by atoms with E-state index in [1.165, 1.54) is 4.90 Å². The van der Waals surface area contributed by atoms with Gasteiger partial charge in [0.2, 0.25) is 0 Å². The summed E-state index contributed by atoms with van der Waals surface area (Å²) in [6.45, 7) is 1.22. The average molecular weight is 396 g/mol. The molecule has 0 aromatic heterocycles. The van der Waals surface area contributed by atoms with E-state index in [0.29, 0.717) is 25.2 Å². The van der Waals surface area contributed by atoms with Crippen molar-refractivity contribution in [3.8, 4) is 0 Å². The normalized spacial score (nSPS) is 14.8. The number of benzene rings is 2. The highest BCUT2D eigenvalue weighted by atomic mass is 19.4. The predicted molar refractivity (Wildman–Crippen MR) is 95.6 cm³/mol. The van der Waals surface area contributed by atoms with Crippen LogP contribution in [0.5, 0.6) is 0 Å². The lowest BCUT2D eigenvalue weighted by Crippen LogP contribution is -2.46. The summed E-state index contributed by atoms with van der Waals surface area (Å²) in [4.78, 5) is 24.1. The van der Waals surface area contributed by atoms with Gasteiger partial charge in [-0.3, -0.25) is 20.2 Å². The van der Waals surface area contributed by atoms with E-state index in [0.717, 1.165) is 5.69 Å². The van der Waals surface area contributed by atoms with E-state index < -0.39 is 38.6 Å². The van der Waals surface area contributed by atoms with Gasteiger partial charge >= 0.3 is 6.18 Å². The van der Waals surface area contributed by atoms with Gasteiger partial charge < -0.3 is 9.80 Å². The van der Waals surface area contributed by atoms with Crippen molar-refractivity contribution in [1.29, 1.82) is 0 Å². The van der Waals surface area contributed by atoms with Crippen molar-refractivity contribution in [3.63, 3.8) is 0 Å². The first-order valence-corrected chi connectivity index (χ1v) is 8.27. The highest BCUT2D eigenvalue weighted by molar-refractivity contribution is 5.77. The van der Waals surface area contributed by atoms with Crippen LogP contribution in [-0.4, -0.2) is 36.0 Å². The summed E-state index contributed by atoms with van der Waals surface area (Å²) in [5.74, 6) is 0. The molecule has 1 fully saturated rings. The second kappa shape index (κ2) is 7.33. The topological polar surface area (TPSA) is 92.8 Å². The second-order valence-corrected chi connectivity index (χ2v) is 6.18. The van der Waals surface area contributed by atoms with Crippen molar-refractivity contribution in [1.82, 2.24) is 0 Å². The Morgan fingerprint density at radius 1 is 0.821 bits per heavy atom. The maximum absolute atomic E-state index is 13.0. The molecule has 0 spiro atoms. The summed E-state index contributed by atoms with van der Waals surface area (Å²) in [5.41, 5.74) is -2.73. The summed E-state index contributed by atoms with van der Waals surface area (Å²) in [6, 6.07) is 10.0. The zero-order chi connectivity index (χ0) is 20.5. The fourth-order valence-electron chi connectivity index (χ4n) is 3.20. The number of halogens is 3. The Morgan fingerprint density at radius 2 is 1.29 bits per heavy atom. The Kier molecular flexibility index (Phi) is 5.08. The largest absolute Gasteiger partial charge is 0.416 e. The molecule has 148 valence electrons. The number of nitrogens with zero attached hydrogens (tertiary/aromatic N) is 4. The minimum absolute atomic E-state index is 0.196. The zero-order valence-corrected chi connectivity index (χ0v) is 14.4. The van der Waals surface area contributed by atoms with E-state index in [1.54, 1.807) is 0 Å². The average Bonchev–Trinajstić information content (AvgIpc) is 2.67. The molecule has 0 amide bonds. The molecule has 1 saturated heterocycles. The number of nitro benzene ring substituents is 2. The first-order valence-electron chi connectivity index (χ1n) is 8.27. The number of hydrogen-bond acceptors (Lipinski definition) is 6. The van der Waals surface area contributed by atoms with Crippen molar-refractivity contribution in [2.45, 2.75) is 6.18 Å². The van der Waals surface area contributed by atoms with Gasteiger partial charge in [-0.25, -0.2) is 0 Å². The van der Waals surface area contributed by atoms with Gasteiger partial charge in [0.05, 0.1) is 15.4 Å². The van der Waals surface area contributed by atoms with Gasteiger partial charge in [-0.2, -0.15) is 13.2 Å². The fourth-order valence-corrected chi connectivity index (χ4v) is 3.20. The van der Waals surface area contributed by atoms with Crippen LogP contribution in [0, 0.1) is 20.2 Å². The smallest absolute Gasteiger partial charge is 0.368 e. The number of anilines is 2. The quantitative estimate of drug-likeness (QED) is 0.576. The van der Waals surface area contributed by atoms with Crippen LogP contribution in [-0.2, 0) is 6.18 Å². The second-order valence-electron chi connectivity index (χ2n) is 6.18. The number of rotatable bonds is 4. The molecule has 0 unspecified atom stereocenters. The Hall–Kier alpha value is -3.37. The predicted octanol–water partition coefficient (Wildman–Crippen LogP) is 3.85. The van der Waals surface area contributed by atoms with E-state index in [1.807, 2.05) is 35.2 Å². The third-order valence-corrected chi connectivity index (χ3v) is 4.51. The van der Waals surface area contributed by atoms with Crippen LogP contribution < -0.4 is 9.80 Å². The minimum atomic E-state index is -4.93. The van der Waals surface area contributed by atoms with E-state index in [9.17, 15) is 33.4 Å². The minimum Gasteiger partial charge on any atom is -0.368 e. The molecule has 0 N–H and O–H groups in total. The first kappa shape index (κ1) is 19.4. The van der Waals surface area contributed by atoms with Gasteiger partial charge in [0.25, 0.3) is 11.4 Å². The third kappa shape index (κ3) is 3.82. The van der Waals surface area contributed by atoms with Crippen LogP contribution in [0.15, 0.2) is 42.5 Å². The molecule has 1 aliphatic rings. The van der Waals surface area contributed by atoms with E-state index >= 15 is 0 Å². The van der Waals surface area contributed by atoms with E-state index in [-0.39, 0.29) is 13.1 Å². The summed E-state index contributed by atoms with van der Waals surface area (Å²) in [7, 11) is 0. The van der Waals surface area contributed by atoms with E-state index in [4.69, 9.17) is 0 Å². The van der Waals surface area contributed by atoms with Crippen LogP contribution >= 0.6 is 0 Å². The molecule has 0 aliphatic carbocycles. The molecule has 28 heavy (non-hydrogen) atoms. The van der Waals surface area contributed by atoms with Crippen molar-refractivity contribution >= 4 is 22.7 Å². The first-order chi connectivity index (χ1) is 13.2. The van der Waals surface area contributed by atoms with E-state index in [2.05, 4.69) is 0 Å². The molecule has 0 radical (unpaired) electrons. The monoisotopic (exact) mass is 396 g/mol. The van der Waals surface area contributed by atoms with Crippen LogP contribution in [0.3, 0.4) is 0 Å². The third-order valence-electron chi connectivity index (χ3n) is 4.51. The molecule has 0 saturated carbocycles. The number of hydrogen-bond donors (Lipinski definition) is 0. The molecular formula is C17H15F3N4O4. The standard InChI is InChI=1S/C17H15F3N4O4/c18-17(19,20)12-10-14(23(25)26)16(15(11-12)24(27)28)22-8-6-21(7-9-22)13-4-2-1-3-5-13/h1-5,10-11H,6-9H2. The highest BCUT2D eigenvalue weighted by Crippen LogP contribution is 2.43. The molecule has 1 heterocycles. The zero-order valence-electron chi connectivity index (χ0n) is 14.4. The Labute approximate surface area is 157 Å². The summed E-state index contributed by atoms with van der Waals surface area (Å²) >= 11 is 0. The molecule has 3 rings (SSSR count). The number of para-hydroxylation sites is 1. The van der Waals surface area contributed by atoms with Crippen molar-refractivity contribution in [3.05, 3.63) is 68.3 Å². The Balaban J connectivity index is 1.97. The molecular weight excluding hydrogens is 381 g/mol. The molecule has 8 nitrogen and oxygen atoms in total. The Morgan fingerprint density at radius 3 is 1.71 bits per heavy atom. The lowest BCUT2D eigenvalue weighted by atomic mass is 10.1. The van der Waals surface area contributed by atoms with Gasteiger partial charge in [-0.15, -0.1) is 0 Å². The van der Waals surface area contributed by atoms with Crippen LogP contribution in [0.25, 0.3) is 0 Å². The Bertz CT molecular complexity index is 862. The van der Waals surface area contributed by atoms with Gasteiger partial charge in [-0.1, -0.05) is 18.2 Å². The number of piperazine rings is 1. The molecule has 11 heteroatoms. The summed E-state index contributed by atoms with van der Waals surface area (Å²) in [5, 5.41) is 22.8. The molecule has 0 atom stereocenters. The highest BCUT2D eigenvalue weighted by Gasteiger charge is 2.39. The van der Waals surface area contributed by atoms with Gasteiger partial charge in [0.1, 0.15) is 0 Å².